The summed E-state index contributed by atoms with van der Waals surface area (Å²) in [7, 11) is 0. The number of halogens is 2. The SMILES string of the molecule is Cc1ccccc1C1=NO[C@@H](CN(Cc2ccc(F)cc2F)C[C@@H](O)COc2ccccc2)C1. The lowest BCUT2D eigenvalue weighted by Crippen LogP contribution is -2.40. The molecule has 2 atom stereocenters. The smallest absolute Gasteiger partial charge is 0.145 e. The minimum Gasteiger partial charge on any atom is -0.491 e. The van der Waals surface area contributed by atoms with Crippen LogP contribution in [0.25, 0.3) is 0 Å². The van der Waals surface area contributed by atoms with Gasteiger partial charge < -0.3 is 14.7 Å². The first kappa shape index (κ1) is 23.9. The van der Waals surface area contributed by atoms with Crippen LogP contribution >= 0.6 is 0 Å². The second-order valence-corrected chi connectivity index (χ2v) is 8.49. The molecule has 0 aromatic heterocycles. The highest BCUT2D eigenvalue weighted by Gasteiger charge is 2.27. The van der Waals surface area contributed by atoms with Crippen LogP contribution in [0.15, 0.2) is 78.0 Å². The summed E-state index contributed by atoms with van der Waals surface area (Å²) in [6, 6.07) is 20.7. The minimum atomic E-state index is -0.818. The number of aliphatic hydroxyl groups excluding tert-OH is 1. The Hall–Kier alpha value is -3.29. The van der Waals surface area contributed by atoms with Crippen LogP contribution in [0, 0.1) is 18.6 Å². The summed E-state index contributed by atoms with van der Waals surface area (Å²) in [5.74, 6) is -0.586. The van der Waals surface area contributed by atoms with E-state index in [0.29, 0.717) is 24.3 Å². The number of hydrogen-bond donors (Lipinski definition) is 1. The molecule has 1 N–H and O–H groups in total. The van der Waals surface area contributed by atoms with E-state index in [0.717, 1.165) is 22.9 Å². The highest BCUT2D eigenvalue weighted by atomic mass is 19.1. The standard InChI is InChI=1S/C27H28F2N2O3/c1-19-7-5-6-10-25(19)27-14-24(34-30-27)17-31(15-20-11-12-21(28)13-26(20)29)16-22(32)18-33-23-8-3-2-4-9-23/h2-13,22,24,32H,14-18H2,1H3/t22-,24-/m1/s1. The molecule has 178 valence electrons. The zero-order valence-electron chi connectivity index (χ0n) is 19.0. The number of aliphatic hydroxyl groups is 1. The number of oxime groups is 1. The summed E-state index contributed by atoms with van der Waals surface area (Å²) in [6.45, 7) is 2.94. The highest BCUT2D eigenvalue weighted by Crippen LogP contribution is 2.21. The van der Waals surface area contributed by atoms with Crippen molar-refractivity contribution in [2.45, 2.75) is 32.1 Å². The first-order valence-electron chi connectivity index (χ1n) is 11.3. The molecule has 0 saturated heterocycles. The fourth-order valence-corrected chi connectivity index (χ4v) is 4.02. The van der Waals surface area contributed by atoms with Crippen LogP contribution in [0.1, 0.15) is 23.1 Å². The van der Waals surface area contributed by atoms with Gasteiger partial charge in [-0.05, 0) is 30.7 Å². The number of benzene rings is 3. The Morgan fingerprint density at radius 2 is 1.85 bits per heavy atom. The van der Waals surface area contributed by atoms with E-state index in [1.165, 1.54) is 12.1 Å². The second-order valence-electron chi connectivity index (χ2n) is 8.49. The third-order valence-electron chi connectivity index (χ3n) is 5.71. The molecule has 34 heavy (non-hydrogen) atoms. The van der Waals surface area contributed by atoms with Gasteiger partial charge in [0.25, 0.3) is 0 Å². The largest absolute Gasteiger partial charge is 0.491 e. The topological polar surface area (TPSA) is 54.3 Å². The summed E-state index contributed by atoms with van der Waals surface area (Å²) >= 11 is 0. The summed E-state index contributed by atoms with van der Waals surface area (Å²) in [6.07, 6.45) is -0.466. The summed E-state index contributed by atoms with van der Waals surface area (Å²) < 4.78 is 33.4. The van der Waals surface area contributed by atoms with Crippen molar-refractivity contribution in [1.29, 1.82) is 0 Å². The zero-order chi connectivity index (χ0) is 23.9. The molecule has 1 aliphatic heterocycles. The zero-order valence-corrected chi connectivity index (χ0v) is 19.0. The van der Waals surface area contributed by atoms with Gasteiger partial charge in [-0.3, -0.25) is 4.90 Å². The molecular weight excluding hydrogens is 438 g/mol. The Balaban J connectivity index is 1.41. The second kappa shape index (κ2) is 11.2. The van der Waals surface area contributed by atoms with E-state index in [1.54, 1.807) is 0 Å². The molecule has 7 heteroatoms. The van der Waals surface area contributed by atoms with E-state index in [1.807, 2.05) is 66.4 Å². The molecule has 1 aliphatic rings. The van der Waals surface area contributed by atoms with Gasteiger partial charge in [0.1, 0.15) is 36.2 Å². The Morgan fingerprint density at radius 3 is 2.62 bits per heavy atom. The molecule has 1 heterocycles. The van der Waals surface area contributed by atoms with Gasteiger partial charge in [0.15, 0.2) is 0 Å². The molecule has 0 bridgehead atoms. The third-order valence-corrected chi connectivity index (χ3v) is 5.71. The van der Waals surface area contributed by atoms with Gasteiger partial charge in [0.05, 0.1) is 5.71 Å². The number of hydrogen-bond acceptors (Lipinski definition) is 5. The van der Waals surface area contributed by atoms with Gasteiger partial charge in [-0.1, -0.05) is 53.7 Å². The average Bonchev–Trinajstić information content (AvgIpc) is 3.28. The maximum absolute atomic E-state index is 14.4. The highest BCUT2D eigenvalue weighted by molar-refractivity contribution is 6.02. The molecule has 0 spiro atoms. The quantitative estimate of drug-likeness (QED) is 0.470. The van der Waals surface area contributed by atoms with E-state index >= 15 is 0 Å². The van der Waals surface area contributed by atoms with E-state index in [-0.39, 0.29) is 25.8 Å². The molecule has 0 radical (unpaired) electrons. The maximum atomic E-state index is 14.4. The van der Waals surface area contributed by atoms with Crippen LogP contribution in [-0.4, -0.2) is 47.6 Å². The predicted molar refractivity (Wildman–Crippen MR) is 127 cm³/mol. The van der Waals surface area contributed by atoms with Crippen molar-refractivity contribution in [3.8, 4) is 5.75 Å². The van der Waals surface area contributed by atoms with Gasteiger partial charge in [-0.25, -0.2) is 8.78 Å². The van der Waals surface area contributed by atoms with Gasteiger partial charge in [-0.15, -0.1) is 0 Å². The van der Waals surface area contributed by atoms with Gasteiger partial charge >= 0.3 is 0 Å². The number of nitrogens with zero attached hydrogens (tertiary/aromatic N) is 2. The number of aryl methyl sites for hydroxylation is 1. The van der Waals surface area contributed by atoms with Gasteiger partial charge in [0, 0.05) is 43.2 Å². The first-order valence-corrected chi connectivity index (χ1v) is 11.3. The van der Waals surface area contributed by atoms with E-state index in [9.17, 15) is 13.9 Å². The lowest BCUT2D eigenvalue weighted by atomic mass is 10.00. The molecule has 0 aliphatic carbocycles. The van der Waals surface area contributed by atoms with Crippen LogP contribution in [0.4, 0.5) is 8.78 Å². The van der Waals surface area contributed by atoms with Crippen molar-refractivity contribution < 1.29 is 23.5 Å². The van der Waals surface area contributed by atoms with Crippen LogP contribution in [0.3, 0.4) is 0 Å². The van der Waals surface area contributed by atoms with Crippen molar-refractivity contribution >= 4 is 5.71 Å². The number of rotatable bonds is 10. The van der Waals surface area contributed by atoms with E-state index < -0.39 is 17.7 Å². The lowest BCUT2D eigenvalue weighted by molar-refractivity contribution is 0.0209. The van der Waals surface area contributed by atoms with Crippen LogP contribution in [0.2, 0.25) is 0 Å². The molecule has 5 nitrogen and oxygen atoms in total. The van der Waals surface area contributed by atoms with Crippen LogP contribution in [0.5, 0.6) is 5.75 Å². The molecule has 4 rings (SSSR count). The fourth-order valence-electron chi connectivity index (χ4n) is 4.02. The maximum Gasteiger partial charge on any atom is 0.145 e. The Morgan fingerprint density at radius 1 is 1.09 bits per heavy atom. The number of ether oxygens (including phenoxy) is 1. The van der Waals surface area contributed by atoms with Crippen molar-refractivity contribution in [3.63, 3.8) is 0 Å². The van der Waals surface area contributed by atoms with Crippen LogP contribution in [-0.2, 0) is 11.4 Å². The summed E-state index contributed by atoms with van der Waals surface area (Å²) in [5, 5.41) is 14.9. The number of para-hydroxylation sites is 1. The van der Waals surface area contributed by atoms with Gasteiger partial charge in [0.2, 0.25) is 0 Å². The van der Waals surface area contributed by atoms with Crippen molar-refractivity contribution in [2.75, 3.05) is 19.7 Å². The molecular formula is C27H28F2N2O3. The van der Waals surface area contributed by atoms with Gasteiger partial charge in [-0.2, -0.15) is 0 Å². The third kappa shape index (κ3) is 6.40. The normalized spacial score (nSPS) is 16.3. The first-order chi connectivity index (χ1) is 16.5. The average molecular weight is 467 g/mol. The van der Waals surface area contributed by atoms with Crippen molar-refractivity contribution in [1.82, 2.24) is 4.90 Å². The van der Waals surface area contributed by atoms with Crippen molar-refractivity contribution in [3.05, 3.63) is 101 Å². The van der Waals surface area contributed by atoms with E-state index in [2.05, 4.69) is 5.16 Å². The summed E-state index contributed by atoms with van der Waals surface area (Å²) in [4.78, 5) is 7.57. The Kier molecular flexibility index (Phi) is 7.87. The summed E-state index contributed by atoms with van der Waals surface area (Å²) in [5.41, 5.74) is 3.36. The Labute approximate surface area is 198 Å². The lowest BCUT2D eigenvalue weighted by Gasteiger charge is -2.27. The molecule has 0 unspecified atom stereocenters. The van der Waals surface area contributed by atoms with E-state index in [4.69, 9.17) is 9.57 Å². The molecule has 0 saturated carbocycles. The predicted octanol–water partition coefficient (Wildman–Crippen LogP) is 4.71. The minimum absolute atomic E-state index is 0.0862. The molecule has 0 amide bonds. The van der Waals surface area contributed by atoms with Crippen molar-refractivity contribution in [2.24, 2.45) is 5.16 Å². The molecule has 3 aromatic carbocycles. The van der Waals surface area contributed by atoms with Crippen LogP contribution < -0.4 is 4.74 Å². The fraction of sp³-hybridized carbons (Fsp3) is 0.296. The Bertz CT molecular complexity index is 1120. The molecule has 3 aromatic rings. The monoisotopic (exact) mass is 466 g/mol. The molecule has 0 fully saturated rings.